The van der Waals surface area contributed by atoms with E-state index in [0.717, 1.165) is 11.3 Å². The average Bonchev–Trinajstić information content (AvgIpc) is 2.98. The van der Waals surface area contributed by atoms with Crippen molar-refractivity contribution in [2.75, 3.05) is 26.2 Å². The quantitative estimate of drug-likeness (QED) is 0.646. The Balaban J connectivity index is 1.81. The summed E-state index contributed by atoms with van der Waals surface area (Å²) in [4.78, 5) is 47.7. The zero-order valence-corrected chi connectivity index (χ0v) is 11.0. The highest BCUT2D eigenvalue weighted by Gasteiger charge is 2.33. The van der Waals surface area contributed by atoms with Gasteiger partial charge in [-0.25, -0.2) is 4.79 Å². The van der Waals surface area contributed by atoms with Crippen molar-refractivity contribution in [1.82, 2.24) is 15.1 Å². The van der Waals surface area contributed by atoms with Crippen molar-refractivity contribution in [3.8, 4) is 0 Å². The molecule has 4 amide bonds. The molecular formula is C12H17N3O5. The minimum atomic E-state index is -0.839. The van der Waals surface area contributed by atoms with Gasteiger partial charge in [0.25, 0.3) is 5.91 Å². The standard InChI is InChI=1S/C12H17N3O5/c16-9-5-13-12(20)15(9)7-10(17)14-4-3-8(6-14)1-2-11(18)19/h8H,1-7H2,(H,13,20)(H,18,19). The topological polar surface area (TPSA) is 107 Å². The van der Waals surface area contributed by atoms with Crippen LogP contribution in [0.4, 0.5) is 4.79 Å². The molecule has 2 aliphatic heterocycles. The zero-order chi connectivity index (χ0) is 14.7. The number of imide groups is 1. The average molecular weight is 283 g/mol. The third kappa shape index (κ3) is 3.25. The molecule has 0 aromatic carbocycles. The number of carbonyl (C=O) groups is 4. The molecule has 2 N–H and O–H groups in total. The van der Waals surface area contributed by atoms with Crippen LogP contribution >= 0.6 is 0 Å². The van der Waals surface area contributed by atoms with Crippen molar-refractivity contribution in [3.05, 3.63) is 0 Å². The van der Waals surface area contributed by atoms with Gasteiger partial charge in [-0.3, -0.25) is 19.3 Å². The van der Waals surface area contributed by atoms with Crippen LogP contribution in [-0.4, -0.2) is 64.9 Å². The Kier molecular flexibility index (Phi) is 4.21. The summed E-state index contributed by atoms with van der Waals surface area (Å²) in [6.45, 7) is 0.742. The largest absolute Gasteiger partial charge is 0.481 e. The first kappa shape index (κ1) is 14.3. The summed E-state index contributed by atoms with van der Waals surface area (Å²) in [5.41, 5.74) is 0. The Labute approximate surface area is 115 Å². The summed E-state index contributed by atoms with van der Waals surface area (Å²) in [5.74, 6) is -1.33. The lowest BCUT2D eigenvalue weighted by Crippen LogP contribution is -2.42. The van der Waals surface area contributed by atoms with E-state index in [2.05, 4.69) is 5.32 Å². The predicted octanol–water partition coefficient (Wildman–Crippen LogP) is -0.748. The molecule has 2 heterocycles. The Bertz CT molecular complexity index is 434. The highest BCUT2D eigenvalue weighted by molar-refractivity contribution is 6.04. The first-order chi connectivity index (χ1) is 9.47. The molecule has 0 radical (unpaired) electrons. The third-order valence-corrected chi connectivity index (χ3v) is 3.64. The number of hydrogen-bond donors (Lipinski definition) is 2. The van der Waals surface area contributed by atoms with Crippen molar-refractivity contribution in [3.63, 3.8) is 0 Å². The van der Waals surface area contributed by atoms with Crippen molar-refractivity contribution in [2.45, 2.75) is 19.3 Å². The number of carboxylic acid groups (broad SMARTS) is 1. The van der Waals surface area contributed by atoms with Gasteiger partial charge in [-0.2, -0.15) is 0 Å². The van der Waals surface area contributed by atoms with E-state index in [0.29, 0.717) is 19.5 Å². The van der Waals surface area contributed by atoms with Gasteiger partial charge in [0.15, 0.2) is 0 Å². The molecule has 1 unspecified atom stereocenters. The molecule has 0 aliphatic carbocycles. The summed E-state index contributed by atoms with van der Waals surface area (Å²) in [6, 6.07) is -0.537. The maximum absolute atomic E-state index is 12.0. The van der Waals surface area contributed by atoms with E-state index in [-0.39, 0.29) is 31.3 Å². The highest BCUT2D eigenvalue weighted by atomic mass is 16.4. The molecule has 0 aromatic rings. The lowest BCUT2D eigenvalue weighted by atomic mass is 10.0. The molecule has 1 atom stereocenters. The van der Waals surface area contributed by atoms with Crippen molar-refractivity contribution in [1.29, 1.82) is 0 Å². The molecule has 2 saturated heterocycles. The molecular weight excluding hydrogens is 266 g/mol. The fourth-order valence-corrected chi connectivity index (χ4v) is 2.47. The van der Waals surface area contributed by atoms with Gasteiger partial charge in [0.2, 0.25) is 5.91 Å². The van der Waals surface area contributed by atoms with Gasteiger partial charge >= 0.3 is 12.0 Å². The van der Waals surface area contributed by atoms with Gasteiger partial charge in [-0.15, -0.1) is 0 Å². The molecule has 0 saturated carbocycles. The SMILES string of the molecule is O=C(O)CCC1CCN(C(=O)CN2C(=O)CNC2=O)C1. The predicted molar refractivity (Wildman–Crippen MR) is 66.7 cm³/mol. The Hall–Kier alpha value is -2.12. The van der Waals surface area contributed by atoms with Gasteiger partial charge < -0.3 is 15.3 Å². The second-order valence-corrected chi connectivity index (χ2v) is 5.07. The monoisotopic (exact) mass is 283 g/mol. The smallest absolute Gasteiger partial charge is 0.325 e. The normalized spacial score (nSPS) is 22.3. The summed E-state index contributed by atoms with van der Waals surface area (Å²) in [5, 5.41) is 11.0. The molecule has 0 spiro atoms. The van der Waals surface area contributed by atoms with Crippen LogP contribution < -0.4 is 5.32 Å². The summed E-state index contributed by atoms with van der Waals surface area (Å²) >= 11 is 0. The molecule has 2 fully saturated rings. The number of nitrogens with zero attached hydrogens (tertiary/aromatic N) is 2. The number of amides is 4. The maximum Gasteiger partial charge on any atom is 0.325 e. The van der Waals surface area contributed by atoms with Crippen LogP contribution in [0.15, 0.2) is 0 Å². The number of nitrogens with one attached hydrogen (secondary N) is 1. The van der Waals surface area contributed by atoms with Crippen molar-refractivity contribution < 1.29 is 24.3 Å². The molecule has 0 aromatic heterocycles. The summed E-state index contributed by atoms with van der Waals surface area (Å²) in [7, 11) is 0. The van der Waals surface area contributed by atoms with Crippen LogP contribution in [0.3, 0.4) is 0 Å². The lowest BCUT2D eigenvalue weighted by molar-refractivity contribution is -0.137. The Morgan fingerprint density at radius 3 is 2.70 bits per heavy atom. The van der Waals surface area contributed by atoms with Gasteiger partial charge in [-0.1, -0.05) is 0 Å². The molecule has 110 valence electrons. The Morgan fingerprint density at radius 1 is 1.35 bits per heavy atom. The molecule has 0 bridgehead atoms. The van der Waals surface area contributed by atoms with E-state index in [4.69, 9.17) is 5.11 Å². The van der Waals surface area contributed by atoms with Crippen LogP contribution in [0.5, 0.6) is 0 Å². The van der Waals surface area contributed by atoms with E-state index >= 15 is 0 Å². The fraction of sp³-hybridized carbons (Fsp3) is 0.667. The number of aliphatic carboxylic acids is 1. The number of carboxylic acids is 1. The van der Waals surface area contributed by atoms with Crippen LogP contribution in [-0.2, 0) is 14.4 Å². The van der Waals surface area contributed by atoms with E-state index in [1.54, 1.807) is 4.90 Å². The van der Waals surface area contributed by atoms with Crippen molar-refractivity contribution in [2.24, 2.45) is 5.92 Å². The summed E-state index contributed by atoms with van der Waals surface area (Å²) < 4.78 is 0. The molecule has 2 rings (SSSR count). The molecule has 8 heteroatoms. The number of carbonyl (C=O) groups excluding carboxylic acids is 3. The minimum Gasteiger partial charge on any atom is -0.481 e. The Morgan fingerprint density at radius 2 is 2.10 bits per heavy atom. The highest BCUT2D eigenvalue weighted by Crippen LogP contribution is 2.21. The second kappa shape index (κ2) is 5.89. The van der Waals surface area contributed by atoms with E-state index in [1.807, 2.05) is 0 Å². The van der Waals surface area contributed by atoms with Crippen LogP contribution in [0.25, 0.3) is 0 Å². The van der Waals surface area contributed by atoms with E-state index in [9.17, 15) is 19.2 Å². The number of rotatable bonds is 5. The van der Waals surface area contributed by atoms with Gasteiger partial charge in [0.05, 0.1) is 6.54 Å². The first-order valence-electron chi connectivity index (χ1n) is 6.55. The van der Waals surface area contributed by atoms with E-state index in [1.165, 1.54) is 0 Å². The number of urea groups is 1. The molecule has 20 heavy (non-hydrogen) atoms. The minimum absolute atomic E-state index is 0.0622. The molecule has 8 nitrogen and oxygen atoms in total. The van der Waals surface area contributed by atoms with Crippen LogP contribution in [0, 0.1) is 5.92 Å². The van der Waals surface area contributed by atoms with Gasteiger partial charge in [-0.05, 0) is 18.8 Å². The number of likely N-dealkylation sites (tertiary alicyclic amines) is 1. The third-order valence-electron chi connectivity index (χ3n) is 3.64. The maximum atomic E-state index is 12.0. The van der Waals surface area contributed by atoms with Crippen LogP contribution in [0.2, 0.25) is 0 Å². The first-order valence-corrected chi connectivity index (χ1v) is 6.55. The summed E-state index contributed by atoms with van der Waals surface area (Å²) in [6.07, 6.45) is 1.40. The lowest BCUT2D eigenvalue weighted by Gasteiger charge is -2.19. The van der Waals surface area contributed by atoms with E-state index < -0.39 is 17.9 Å². The molecule has 2 aliphatic rings. The second-order valence-electron chi connectivity index (χ2n) is 5.07. The van der Waals surface area contributed by atoms with Crippen LogP contribution in [0.1, 0.15) is 19.3 Å². The van der Waals surface area contributed by atoms with Crippen molar-refractivity contribution >= 4 is 23.8 Å². The zero-order valence-electron chi connectivity index (χ0n) is 11.0. The van der Waals surface area contributed by atoms with Gasteiger partial charge in [0, 0.05) is 19.5 Å². The number of hydrogen-bond acceptors (Lipinski definition) is 4. The fourth-order valence-electron chi connectivity index (χ4n) is 2.47. The van der Waals surface area contributed by atoms with Gasteiger partial charge in [0.1, 0.15) is 6.54 Å².